The molecule has 1 N–H and O–H groups in total. The van der Waals surface area contributed by atoms with Gasteiger partial charge < -0.3 is 5.32 Å². The number of rotatable bonds is 2. The molecule has 2 heteroatoms. The Morgan fingerprint density at radius 3 is 2.90 bits per heavy atom. The highest BCUT2D eigenvalue weighted by Crippen LogP contribution is 2.06. The molecule has 10 heavy (non-hydrogen) atoms. The van der Waals surface area contributed by atoms with Gasteiger partial charge >= 0.3 is 0 Å². The molecule has 1 fully saturated rings. The van der Waals surface area contributed by atoms with Gasteiger partial charge in [0, 0.05) is 6.04 Å². The van der Waals surface area contributed by atoms with E-state index in [-0.39, 0.29) is 0 Å². The van der Waals surface area contributed by atoms with Gasteiger partial charge in [0.2, 0.25) is 0 Å². The fraction of sp³-hybridized carbons (Fsp3) is 0.625. The minimum absolute atomic E-state index is 0.443. The van der Waals surface area contributed by atoms with Crippen molar-refractivity contribution in [1.29, 1.82) is 0 Å². The van der Waals surface area contributed by atoms with E-state index in [4.69, 9.17) is 0 Å². The van der Waals surface area contributed by atoms with Crippen LogP contribution >= 0.6 is 0 Å². The second kappa shape index (κ2) is 4.23. The van der Waals surface area contributed by atoms with Crippen molar-refractivity contribution in [3.05, 3.63) is 12.2 Å². The first kappa shape index (κ1) is 7.48. The molecule has 1 atom stereocenters. The predicted octanol–water partition coefficient (Wildman–Crippen LogP) is 0.884. The lowest BCUT2D eigenvalue weighted by molar-refractivity contribution is -0.104. The highest BCUT2D eigenvalue weighted by atomic mass is 16.1. The van der Waals surface area contributed by atoms with Gasteiger partial charge in [-0.05, 0) is 25.5 Å². The molecule has 1 unspecified atom stereocenters. The lowest BCUT2D eigenvalue weighted by Gasteiger charge is -2.19. The number of allylic oxidation sites excluding steroid dienone is 1. The van der Waals surface area contributed by atoms with Crippen LogP contribution in [-0.2, 0) is 4.79 Å². The average Bonchev–Trinajstić information content (AvgIpc) is 2.03. The van der Waals surface area contributed by atoms with Crippen molar-refractivity contribution >= 4 is 6.29 Å². The summed E-state index contributed by atoms with van der Waals surface area (Å²) in [5.41, 5.74) is 0. The summed E-state index contributed by atoms with van der Waals surface area (Å²) < 4.78 is 0. The van der Waals surface area contributed by atoms with E-state index in [0.717, 1.165) is 12.8 Å². The van der Waals surface area contributed by atoms with E-state index < -0.39 is 0 Å². The summed E-state index contributed by atoms with van der Waals surface area (Å²) in [6.07, 6.45) is 8.06. The Bertz CT molecular complexity index is 125. The molecule has 1 saturated heterocycles. The zero-order chi connectivity index (χ0) is 7.23. The standard InChI is InChI=1S/C8H13NO/c10-7-3-5-8-4-1-2-6-9-8/h3,5,7-9H,1-2,4,6H2/b5-3+. The van der Waals surface area contributed by atoms with Crippen LogP contribution in [0, 0.1) is 0 Å². The molecular weight excluding hydrogens is 126 g/mol. The van der Waals surface area contributed by atoms with E-state index in [0.29, 0.717) is 6.04 Å². The Kier molecular flexibility index (Phi) is 3.16. The van der Waals surface area contributed by atoms with E-state index in [9.17, 15) is 4.79 Å². The summed E-state index contributed by atoms with van der Waals surface area (Å²) in [4.78, 5) is 9.93. The van der Waals surface area contributed by atoms with Crippen LogP contribution in [0.25, 0.3) is 0 Å². The number of aldehydes is 1. The highest BCUT2D eigenvalue weighted by Gasteiger charge is 2.07. The molecule has 0 aromatic carbocycles. The molecule has 0 radical (unpaired) electrons. The van der Waals surface area contributed by atoms with Crippen molar-refractivity contribution in [2.24, 2.45) is 0 Å². The molecule has 0 amide bonds. The van der Waals surface area contributed by atoms with Gasteiger partial charge in [-0.3, -0.25) is 4.79 Å². The smallest absolute Gasteiger partial charge is 0.142 e. The molecule has 0 aromatic rings. The Hall–Kier alpha value is -0.630. The van der Waals surface area contributed by atoms with Crippen LogP contribution < -0.4 is 5.32 Å². The van der Waals surface area contributed by atoms with Crippen molar-refractivity contribution in [3.8, 4) is 0 Å². The maximum Gasteiger partial charge on any atom is 0.142 e. The molecule has 1 aliphatic heterocycles. The first-order valence-corrected chi connectivity index (χ1v) is 3.79. The number of carbonyl (C=O) groups is 1. The third kappa shape index (κ3) is 2.31. The maximum atomic E-state index is 9.93. The molecule has 0 saturated carbocycles. The first-order chi connectivity index (χ1) is 4.93. The van der Waals surface area contributed by atoms with Crippen LogP contribution in [0.4, 0.5) is 0 Å². The lowest BCUT2D eigenvalue weighted by Crippen LogP contribution is -2.32. The summed E-state index contributed by atoms with van der Waals surface area (Å²) in [7, 11) is 0. The third-order valence-electron chi connectivity index (χ3n) is 1.77. The second-order valence-electron chi connectivity index (χ2n) is 2.58. The van der Waals surface area contributed by atoms with Gasteiger partial charge in [0.25, 0.3) is 0 Å². The molecule has 0 bridgehead atoms. The Labute approximate surface area is 61.3 Å². The Morgan fingerprint density at radius 1 is 1.40 bits per heavy atom. The summed E-state index contributed by atoms with van der Waals surface area (Å²) >= 11 is 0. The number of hydrogen-bond acceptors (Lipinski definition) is 2. The van der Waals surface area contributed by atoms with Crippen LogP contribution in [0.15, 0.2) is 12.2 Å². The van der Waals surface area contributed by atoms with Gasteiger partial charge in [0.05, 0.1) is 0 Å². The van der Waals surface area contributed by atoms with Crippen molar-refractivity contribution in [1.82, 2.24) is 5.32 Å². The molecule has 2 nitrogen and oxygen atoms in total. The largest absolute Gasteiger partial charge is 0.311 e. The van der Waals surface area contributed by atoms with Crippen molar-refractivity contribution in [3.63, 3.8) is 0 Å². The van der Waals surface area contributed by atoms with Gasteiger partial charge in [-0.15, -0.1) is 0 Å². The summed E-state index contributed by atoms with van der Waals surface area (Å²) in [5.74, 6) is 0. The quantitative estimate of drug-likeness (QED) is 0.454. The number of nitrogens with one attached hydrogen (secondary N) is 1. The highest BCUT2D eigenvalue weighted by molar-refractivity contribution is 5.64. The number of carbonyl (C=O) groups excluding carboxylic acids is 1. The lowest BCUT2D eigenvalue weighted by atomic mass is 10.1. The minimum Gasteiger partial charge on any atom is -0.311 e. The minimum atomic E-state index is 0.443. The average molecular weight is 139 g/mol. The van der Waals surface area contributed by atoms with Gasteiger partial charge in [-0.2, -0.15) is 0 Å². The van der Waals surface area contributed by atoms with Gasteiger partial charge in [0.15, 0.2) is 0 Å². The Morgan fingerprint density at radius 2 is 2.30 bits per heavy atom. The third-order valence-corrected chi connectivity index (χ3v) is 1.77. The molecule has 1 aliphatic rings. The van der Waals surface area contributed by atoms with Gasteiger partial charge in [-0.1, -0.05) is 12.5 Å². The Balaban J connectivity index is 2.25. The fourth-order valence-electron chi connectivity index (χ4n) is 1.22. The van der Waals surface area contributed by atoms with Crippen LogP contribution in [0.5, 0.6) is 0 Å². The molecule has 56 valence electrons. The summed E-state index contributed by atoms with van der Waals surface area (Å²) in [5, 5.41) is 3.31. The van der Waals surface area contributed by atoms with E-state index >= 15 is 0 Å². The molecule has 1 heterocycles. The van der Waals surface area contributed by atoms with Crippen LogP contribution in [0.3, 0.4) is 0 Å². The van der Waals surface area contributed by atoms with Gasteiger partial charge in [-0.25, -0.2) is 0 Å². The molecule has 0 aliphatic carbocycles. The van der Waals surface area contributed by atoms with E-state index in [1.54, 1.807) is 6.08 Å². The first-order valence-electron chi connectivity index (χ1n) is 3.79. The number of hydrogen-bond donors (Lipinski definition) is 1. The second-order valence-corrected chi connectivity index (χ2v) is 2.58. The van der Waals surface area contributed by atoms with Crippen LogP contribution in [0.1, 0.15) is 19.3 Å². The van der Waals surface area contributed by atoms with Crippen LogP contribution in [-0.4, -0.2) is 18.9 Å². The van der Waals surface area contributed by atoms with Crippen molar-refractivity contribution in [2.45, 2.75) is 25.3 Å². The van der Waals surface area contributed by atoms with Crippen molar-refractivity contribution in [2.75, 3.05) is 6.54 Å². The van der Waals surface area contributed by atoms with Crippen LogP contribution in [0.2, 0.25) is 0 Å². The molecule has 0 aromatic heterocycles. The fourth-order valence-corrected chi connectivity index (χ4v) is 1.22. The predicted molar refractivity (Wildman–Crippen MR) is 40.8 cm³/mol. The summed E-state index contributed by atoms with van der Waals surface area (Å²) in [6, 6.07) is 0.443. The van der Waals surface area contributed by atoms with Crippen molar-refractivity contribution < 1.29 is 4.79 Å². The van der Waals surface area contributed by atoms with Gasteiger partial charge in [0.1, 0.15) is 6.29 Å². The molecule has 0 spiro atoms. The zero-order valence-electron chi connectivity index (χ0n) is 6.05. The SMILES string of the molecule is O=C/C=C/C1CCCCN1. The molecule has 1 rings (SSSR count). The maximum absolute atomic E-state index is 9.93. The van der Waals surface area contributed by atoms with E-state index in [1.807, 2.05) is 6.08 Å². The monoisotopic (exact) mass is 139 g/mol. The zero-order valence-corrected chi connectivity index (χ0v) is 6.05. The summed E-state index contributed by atoms with van der Waals surface area (Å²) in [6.45, 7) is 1.09. The topological polar surface area (TPSA) is 29.1 Å². The van der Waals surface area contributed by atoms with E-state index in [1.165, 1.54) is 19.3 Å². The molecular formula is C8H13NO. The number of piperidine rings is 1. The van der Waals surface area contributed by atoms with E-state index in [2.05, 4.69) is 5.32 Å². The normalized spacial score (nSPS) is 27.0.